The molecule has 1 saturated heterocycles. The summed E-state index contributed by atoms with van der Waals surface area (Å²) < 4.78 is 41.1. The molecule has 1 fully saturated rings. The van der Waals surface area contributed by atoms with Crippen molar-refractivity contribution in [1.82, 2.24) is 19.5 Å². The van der Waals surface area contributed by atoms with Crippen LogP contribution in [0.2, 0.25) is 0 Å². The maximum atomic E-state index is 13.5. The van der Waals surface area contributed by atoms with Crippen LogP contribution in [0.15, 0.2) is 6.33 Å². The summed E-state index contributed by atoms with van der Waals surface area (Å²) in [4.78, 5) is 41.1. The zero-order valence-corrected chi connectivity index (χ0v) is 16.3. The van der Waals surface area contributed by atoms with Crippen molar-refractivity contribution in [3.63, 3.8) is 0 Å². The van der Waals surface area contributed by atoms with Crippen molar-refractivity contribution in [3.05, 3.63) is 12.4 Å². The molecule has 0 aromatic carbocycles. The number of hydrogen-bond acceptors (Lipinski definition) is 11. The van der Waals surface area contributed by atoms with E-state index in [1.807, 2.05) is 0 Å². The number of fused-ring (bicyclic) bond motifs is 1. The Balaban J connectivity index is 1.79. The Morgan fingerprint density at radius 3 is 2.73 bits per heavy atom. The van der Waals surface area contributed by atoms with E-state index in [9.17, 15) is 33.7 Å². The minimum atomic E-state index is -5.04. The fourth-order valence-electron chi connectivity index (χ4n) is 2.90. The van der Waals surface area contributed by atoms with Gasteiger partial charge in [-0.05, 0) is 6.92 Å². The van der Waals surface area contributed by atoms with Crippen LogP contribution in [0, 0.1) is 6.08 Å². The molecule has 3 heterocycles. The molecule has 2 aromatic rings. The van der Waals surface area contributed by atoms with E-state index >= 15 is 0 Å². The summed E-state index contributed by atoms with van der Waals surface area (Å²) in [6.07, 6.45) is -5.80. The standard InChI is InChI=1S/C14H19FN5O9P/c1-2-27-12(23)13(30(24,25)26)28-3-5-7(21)8(22)11(29-5)20-4-17-6-9(16)18-14(15)19-10(6)20/h4-5,7-8,11,13,21-22H,2-3H2,1H3,(H2,16,18,19)(H2,24,25,26)/t5-,7-,8-,11?,13?/m1/s1. The van der Waals surface area contributed by atoms with Crippen LogP contribution >= 0.6 is 7.60 Å². The lowest BCUT2D eigenvalue weighted by Gasteiger charge is -2.20. The van der Waals surface area contributed by atoms with E-state index in [-0.39, 0.29) is 23.6 Å². The van der Waals surface area contributed by atoms with E-state index in [2.05, 4.69) is 19.7 Å². The molecule has 3 rings (SSSR count). The monoisotopic (exact) mass is 451 g/mol. The van der Waals surface area contributed by atoms with Crippen LogP contribution in [0.25, 0.3) is 11.2 Å². The fraction of sp³-hybridized carbons (Fsp3) is 0.571. The van der Waals surface area contributed by atoms with Gasteiger partial charge in [0.2, 0.25) is 0 Å². The molecule has 2 aromatic heterocycles. The van der Waals surface area contributed by atoms with Crippen molar-refractivity contribution >= 4 is 30.5 Å². The number of esters is 1. The molecule has 166 valence electrons. The minimum Gasteiger partial charge on any atom is -0.464 e. The highest BCUT2D eigenvalue weighted by molar-refractivity contribution is 7.53. The third-order valence-corrected chi connectivity index (χ3v) is 5.22. The zero-order chi connectivity index (χ0) is 22.2. The van der Waals surface area contributed by atoms with E-state index < -0.39 is 56.6 Å². The van der Waals surface area contributed by atoms with Gasteiger partial charge in [0.1, 0.15) is 18.3 Å². The number of nitrogen functional groups attached to an aromatic ring is 1. The second-order valence-electron chi connectivity index (χ2n) is 6.28. The number of carbonyl (C=O) groups is 1. The number of ether oxygens (including phenoxy) is 3. The number of nitrogens with two attached hydrogens (primary N) is 1. The minimum absolute atomic E-state index is 0.0327. The Kier molecular flexibility index (Phi) is 6.33. The van der Waals surface area contributed by atoms with E-state index in [1.165, 1.54) is 6.92 Å². The summed E-state index contributed by atoms with van der Waals surface area (Å²) in [5, 5.41) is 20.6. The molecule has 6 N–H and O–H groups in total. The second-order valence-corrected chi connectivity index (χ2v) is 7.92. The molecule has 0 radical (unpaired) electrons. The summed E-state index contributed by atoms with van der Waals surface area (Å²) in [6, 6.07) is 0. The molecule has 14 nitrogen and oxygen atoms in total. The predicted octanol–water partition coefficient (Wildman–Crippen LogP) is -1.75. The van der Waals surface area contributed by atoms with Crippen molar-refractivity contribution in [2.45, 2.75) is 37.3 Å². The average Bonchev–Trinajstić information content (AvgIpc) is 3.17. The number of hydrogen-bond donors (Lipinski definition) is 5. The summed E-state index contributed by atoms with van der Waals surface area (Å²) in [5.41, 5.74) is 5.49. The SMILES string of the molecule is CCOC(=O)C(OC[C@H]1OC(n2cnc3c(N)nc(F)nc32)[C@H](O)[C@@H]1O)P(=O)(O)O. The number of carbonyl (C=O) groups excluding carboxylic acids is 1. The number of aromatic nitrogens is 4. The van der Waals surface area contributed by atoms with Crippen LogP contribution < -0.4 is 5.73 Å². The van der Waals surface area contributed by atoms with Gasteiger partial charge in [0, 0.05) is 0 Å². The first-order valence-corrected chi connectivity index (χ1v) is 10.2. The van der Waals surface area contributed by atoms with Gasteiger partial charge in [-0.3, -0.25) is 9.13 Å². The highest BCUT2D eigenvalue weighted by Gasteiger charge is 2.46. The number of imidazole rings is 1. The largest absolute Gasteiger partial charge is 0.464 e. The molecule has 0 aliphatic carbocycles. The first-order chi connectivity index (χ1) is 14.0. The molecule has 2 unspecified atom stereocenters. The van der Waals surface area contributed by atoms with Gasteiger partial charge in [0.25, 0.3) is 5.85 Å². The Bertz CT molecular complexity index is 984. The van der Waals surface area contributed by atoms with E-state index in [0.29, 0.717) is 0 Å². The summed E-state index contributed by atoms with van der Waals surface area (Å²) in [6.45, 7) is 0.618. The van der Waals surface area contributed by atoms with Crippen molar-refractivity contribution in [2.75, 3.05) is 18.9 Å². The first-order valence-electron chi connectivity index (χ1n) is 8.55. The van der Waals surface area contributed by atoms with Gasteiger partial charge in [-0.1, -0.05) is 0 Å². The van der Waals surface area contributed by atoms with Crippen LogP contribution in [0.1, 0.15) is 13.2 Å². The van der Waals surface area contributed by atoms with Crippen molar-refractivity contribution in [3.8, 4) is 0 Å². The zero-order valence-electron chi connectivity index (χ0n) is 15.4. The van der Waals surface area contributed by atoms with Crippen LogP contribution in [0.4, 0.5) is 10.2 Å². The van der Waals surface area contributed by atoms with Crippen LogP contribution in [-0.4, -0.2) is 82.9 Å². The third kappa shape index (κ3) is 4.27. The van der Waals surface area contributed by atoms with Gasteiger partial charge in [-0.25, -0.2) is 9.78 Å². The predicted molar refractivity (Wildman–Crippen MR) is 94.0 cm³/mol. The van der Waals surface area contributed by atoms with Crippen molar-refractivity contribution < 1.29 is 48.0 Å². The Morgan fingerprint density at radius 2 is 2.10 bits per heavy atom. The molecule has 0 bridgehead atoms. The van der Waals surface area contributed by atoms with Crippen molar-refractivity contribution in [2.24, 2.45) is 0 Å². The number of halogens is 1. The molecule has 1 aliphatic heterocycles. The number of aliphatic hydroxyl groups is 2. The van der Waals surface area contributed by atoms with Gasteiger partial charge in [-0.15, -0.1) is 0 Å². The van der Waals surface area contributed by atoms with E-state index in [0.717, 1.165) is 10.9 Å². The summed E-state index contributed by atoms with van der Waals surface area (Å²) in [7, 11) is -5.04. The molecule has 0 spiro atoms. The summed E-state index contributed by atoms with van der Waals surface area (Å²) in [5.74, 6) is -3.78. The molecule has 0 amide bonds. The van der Waals surface area contributed by atoms with Gasteiger partial charge in [-0.2, -0.15) is 14.4 Å². The van der Waals surface area contributed by atoms with E-state index in [4.69, 9.17) is 15.2 Å². The lowest BCUT2D eigenvalue weighted by molar-refractivity contribution is -0.155. The van der Waals surface area contributed by atoms with Crippen LogP contribution in [-0.2, 0) is 23.6 Å². The summed E-state index contributed by atoms with van der Waals surface area (Å²) >= 11 is 0. The lowest BCUT2D eigenvalue weighted by Crippen LogP contribution is -2.36. The van der Waals surface area contributed by atoms with Gasteiger partial charge >= 0.3 is 19.6 Å². The van der Waals surface area contributed by atoms with Gasteiger partial charge in [0.05, 0.1) is 19.5 Å². The lowest BCUT2D eigenvalue weighted by atomic mass is 10.1. The molecule has 1 aliphatic rings. The second kappa shape index (κ2) is 8.47. The highest BCUT2D eigenvalue weighted by Crippen LogP contribution is 2.43. The topological polar surface area (TPSA) is 212 Å². The number of rotatable bonds is 7. The fourth-order valence-corrected chi connectivity index (χ4v) is 3.53. The van der Waals surface area contributed by atoms with Crippen LogP contribution in [0.5, 0.6) is 0 Å². The number of anilines is 1. The molecule has 0 saturated carbocycles. The van der Waals surface area contributed by atoms with E-state index in [1.54, 1.807) is 0 Å². The first kappa shape index (κ1) is 22.4. The highest BCUT2D eigenvalue weighted by atomic mass is 31.2. The van der Waals surface area contributed by atoms with Crippen molar-refractivity contribution in [1.29, 1.82) is 0 Å². The maximum Gasteiger partial charge on any atom is 0.365 e. The molecule has 5 atom stereocenters. The third-order valence-electron chi connectivity index (χ3n) is 4.24. The Labute approximate surface area is 167 Å². The average molecular weight is 451 g/mol. The normalized spacial score (nSPS) is 25.5. The molecule has 16 heteroatoms. The molecular weight excluding hydrogens is 432 g/mol. The smallest absolute Gasteiger partial charge is 0.365 e. The number of nitrogens with zero attached hydrogens (tertiary/aromatic N) is 4. The van der Waals surface area contributed by atoms with Gasteiger partial charge in [0.15, 0.2) is 23.2 Å². The Morgan fingerprint density at radius 1 is 1.40 bits per heavy atom. The van der Waals surface area contributed by atoms with Gasteiger partial charge < -0.3 is 39.9 Å². The maximum absolute atomic E-state index is 13.5. The molecular formula is C14H19FN5O9P. The quantitative estimate of drug-likeness (QED) is 0.180. The molecule has 30 heavy (non-hydrogen) atoms. The number of aliphatic hydroxyl groups excluding tert-OH is 2. The Hall–Kier alpha value is -2.26. The van der Waals surface area contributed by atoms with Crippen LogP contribution in [0.3, 0.4) is 0 Å².